The van der Waals surface area contributed by atoms with Gasteiger partial charge in [-0.2, -0.15) is 0 Å². The maximum absolute atomic E-state index is 14.1. The molecule has 0 aliphatic rings. The van der Waals surface area contributed by atoms with Gasteiger partial charge >= 0.3 is 0 Å². The topological polar surface area (TPSA) is 20.7 Å². The number of nitrogens with zero attached hydrogens (tertiary/aromatic N) is 1. The van der Waals surface area contributed by atoms with Crippen LogP contribution in [0.3, 0.4) is 0 Å². The molecular weight excluding hydrogens is 298 g/mol. The van der Waals surface area contributed by atoms with E-state index >= 15 is 0 Å². The summed E-state index contributed by atoms with van der Waals surface area (Å²) in [6.07, 6.45) is 1.92. The van der Waals surface area contributed by atoms with Gasteiger partial charge in [0, 0.05) is 4.90 Å². The Bertz CT molecular complexity index is 852. The van der Waals surface area contributed by atoms with Crippen LogP contribution in [-0.2, 0) is 0 Å². The monoisotopic (exact) mass is 308 g/mol. The number of H-pyrrole nitrogens is 1. The molecular formula is C14H10F2N2S2. The molecule has 20 heavy (non-hydrogen) atoms. The zero-order chi connectivity index (χ0) is 14.3. The van der Waals surface area contributed by atoms with Gasteiger partial charge in [-0.25, -0.2) is 8.78 Å². The summed E-state index contributed by atoms with van der Waals surface area (Å²) in [7, 11) is 0. The summed E-state index contributed by atoms with van der Waals surface area (Å²) in [6.45, 7) is 0. The van der Waals surface area contributed by atoms with Gasteiger partial charge in [0.15, 0.2) is 16.4 Å². The first kappa shape index (κ1) is 13.3. The first-order chi connectivity index (χ1) is 9.63. The third-order valence-corrected chi connectivity index (χ3v) is 4.13. The minimum absolute atomic E-state index is 0.136. The van der Waals surface area contributed by atoms with E-state index in [9.17, 15) is 8.78 Å². The van der Waals surface area contributed by atoms with Crippen molar-refractivity contribution in [3.05, 3.63) is 52.8 Å². The van der Waals surface area contributed by atoms with E-state index in [1.807, 2.05) is 30.5 Å². The molecule has 1 aromatic heterocycles. The van der Waals surface area contributed by atoms with Gasteiger partial charge in [-0.05, 0) is 42.7 Å². The predicted octanol–water partition coefficient (Wildman–Crippen LogP) is 4.69. The lowest BCUT2D eigenvalue weighted by Crippen LogP contribution is -1.99. The SMILES string of the molecule is CSc1ccccc1-n1c(=S)[nH]c2ccc(F)c(F)c21. The Morgan fingerprint density at radius 3 is 2.65 bits per heavy atom. The average molecular weight is 308 g/mol. The maximum Gasteiger partial charge on any atom is 0.184 e. The molecule has 0 fully saturated rings. The second-order valence-corrected chi connectivity index (χ2v) is 5.43. The normalized spacial score (nSPS) is 11.2. The third kappa shape index (κ3) is 1.96. The van der Waals surface area contributed by atoms with E-state index in [2.05, 4.69) is 4.98 Å². The van der Waals surface area contributed by atoms with Crippen LogP contribution in [0.25, 0.3) is 16.7 Å². The lowest BCUT2D eigenvalue weighted by molar-refractivity contribution is 0.514. The van der Waals surface area contributed by atoms with Crippen molar-refractivity contribution < 1.29 is 8.78 Å². The van der Waals surface area contributed by atoms with Crippen molar-refractivity contribution in [3.63, 3.8) is 0 Å². The van der Waals surface area contributed by atoms with E-state index in [1.54, 1.807) is 0 Å². The number of rotatable bonds is 2. The Balaban J connectivity index is 2.45. The molecule has 2 aromatic carbocycles. The van der Waals surface area contributed by atoms with Crippen LogP contribution in [0.2, 0.25) is 0 Å². The Kier molecular flexibility index (Phi) is 3.35. The summed E-state index contributed by atoms with van der Waals surface area (Å²) >= 11 is 6.78. The average Bonchev–Trinajstić information content (AvgIpc) is 2.80. The molecule has 0 saturated heterocycles. The van der Waals surface area contributed by atoms with Crippen LogP contribution in [0.5, 0.6) is 0 Å². The predicted molar refractivity (Wildman–Crippen MR) is 80.2 cm³/mol. The first-order valence-electron chi connectivity index (χ1n) is 5.85. The number of halogens is 2. The fourth-order valence-electron chi connectivity index (χ4n) is 2.18. The number of aromatic amines is 1. The lowest BCUT2D eigenvalue weighted by atomic mass is 10.2. The summed E-state index contributed by atoms with van der Waals surface area (Å²) < 4.78 is 29.5. The highest BCUT2D eigenvalue weighted by atomic mass is 32.2. The molecule has 2 nitrogen and oxygen atoms in total. The summed E-state index contributed by atoms with van der Waals surface area (Å²) in [4.78, 5) is 3.84. The zero-order valence-corrected chi connectivity index (χ0v) is 12.1. The van der Waals surface area contributed by atoms with Crippen molar-refractivity contribution in [2.75, 3.05) is 6.26 Å². The summed E-state index contributed by atoms with van der Waals surface area (Å²) in [5.74, 6) is -1.78. The Morgan fingerprint density at radius 1 is 1.15 bits per heavy atom. The number of nitrogens with one attached hydrogen (secondary N) is 1. The van der Waals surface area contributed by atoms with Crippen molar-refractivity contribution in [2.24, 2.45) is 0 Å². The molecule has 0 aliphatic heterocycles. The molecule has 0 radical (unpaired) electrons. The van der Waals surface area contributed by atoms with Gasteiger partial charge in [-0.3, -0.25) is 4.57 Å². The molecule has 0 unspecified atom stereocenters. The maximum atomic E-state index is 14.1. The minimum Gasteiger partial charge on any atom is -0.330 e. The fraction of sp³-hybridized carbons (Fsp3) is 0.0714. The number of benzene rings is 2. The number of imidazole rings is 1. The van der Waals surface area contributed by atoms with Gasteiger partial charge in [0.25, 0.3) is 0 Å². The molecule has 1 N–H and O–H groups in total. The number of hydrogen-bond acceptors (Lipinski definition) is 2. The van der Waals surface area contributed by atoms with Crippen molar-refractivity contribution in [3.8, 4) is 5.69 Å². The Morgan fingerprint density at radius 2 is 1.90 bits per heavy atom. The lowest BCUT2D eigenvalue weighted by Gasteiger charge is -2.09. The molecule has 0 atom stereocenters. The smallest absolute Gasteiger partial charge is 0.184 e. The summed E-state index contributed by atoms with van der Waals surface area (Å²) in [5.41, 5.74) is 1.35. The van der Waals surface area contributed by atoms with E-state index in [4.69, 9.17) is 12.2 Å². The quantitative estimate of drug-likeness (QED) is 0.548. The highest BCUT2D eigenvalue weighted by Gasteiger charge is 2.16. The minimum atomic E-state index is -0.897. The van der Waals surface area contributed by atoms with Crippen LogP contribution in [0.4, 0.5) is 8.78 Å². The highest BCUT2D eigenvalue weighted by molar-refractivity contribution is 7.98. The molecule has 0 amide bonds. The second kappa shape index (κ2) is 5.03. The van der Waals surface area contributed by atoms with Gasteiger partial charge in [-0.15, -0.1) is 11.8 Å². The molecule has 6 heteroatoms. The van der Waals surface area contributed by atoms with Crippen molar-refractivity contribution in [1.29, 1.82) is 0 Å². The summed E-state index contributed by atoms with van der Waals surface area (Å²) in [6, 6.07) is 10.1. The van der Waals surface area contributed by atoms with Gasteiger partial charge in [0.2, 0.25) is 0 Å². The molecule has 3 aromatic rings. The molecule has 0 bridgehead atoms. The molecule has 3 rings (SSSR count). The largest absolute Gasteiger partial charge is 0.330 e. The van der Waals surface area contributed by atoms with Crippen LogP contribution in [0.1, 0.15) is 0 Å². The summed E-state index contributed by atoms with van der Waals surface area (Å²) in [5, 5.41) is 0. The highest BCUT2D eigenvalue weighted by Crippen LogP contribution is 2.29. The van der Waals surface area contributed by atoms with Crippen molar-refractivity contribution >= 4 is 35.0 Å². The van der Waals surface area contributed by atoms with Crippen molar-refractivity contribution in [1.82, 2.24) is 9.55 Å². The zero-order valence-electron chi connectivity index (χ0n) is 10.5. The van der Waals surface area contributed by atoms with E-state index in [0.717, 1.165) is 16.6 Å². The Labute approximate surface area is 123 Å². The molecule has 1 heterocycles. The van der Waals surface area contributed by atoms with E-state index < -0.39 is 11.6 Å². The number of fused-ring (bicyclic) bond motifs is 1. The molecule has 0 aliphatic carbocycles. The van der Waals surface area contributed by atoms with Gasteiger partial charge < -0.3 is 4.98 Å². The number of para-hydroxylation sites is 1. The van der Waals surface area contributed by atoms with Crippen LogP contribution in [0.15, 0.2) is 41.3 Å². The van der Waals surface area contributed by atoms with Gasteiger partial charge in [-0.1, -0.05) is 12.1 Å². The standard InChI is InChI=1S/C14H10F2N2S2/c1-20-11-5-3-2-4-10(11)18-13-9(17-14(18)19)7-6-8(15)12(13)16/h2-7H,1H3,(H,17,19). The van der Waals surface area contributed by atoms with Crippen LogP contribution in [0, 0.1) is 16.4 Å². The van der Waals surface area contributed by atoms with E-state index in [0.29, 0.717) is 10.3 Å². The molecule has 0 saturated carbocycles. The van der Waals surface area contributed by atoms with Crippen LogP contribution >= 0.6 is 24.0 Å². The van der Waals surface area contributed by atoms with Crippen molar-refractivity contribution in [2.45, 2.75) is 4.90 Å². The fourth-order valence-corrected chi connectivity index (χ4v) is 3.06. The number of thioether (sulfide) groups is 1. The van der Waals surface area contributed by atoms with Gasteiger partial charge in [0.05, 0.1) is 11.2 Å². The molecule has 0 spiro atoms. The first-order valence-corrected chi connectivity index (χ1v) is 7.49. The van der Waals surface area contributed by atoms with E-state index in [-0.39, 0.29) is 5.52 Å². The Hall–Kier alpha value is -1.66. The van der Waals surface area contributed by atoms with E-state index in [1.165, 1.54) is 22.4 Å². The van der Waals surface area contributed by atoms with Crippen LogP contribution in [-0.4, -0.2) is 15.8 Å². The number of aromatic nitrogens is 2. The van der Waals surface area contributed by atoms with Crippen LogP contribution < -0.4 is 0 Å². The second-order valence-electron chi connectivity index (χ2n) is 4.19. The third-order valence-electron chi connectivity index (χ3n) is 3.06. The van der Waals surface area contributed by atoms with Gasteiger partial charge in [0.1, 0.15) is 5.52 Å². The molecule has 102 valence electrons. The number of hydrogen-bond donors (Lipinski definition) is 1.